The van der Waals surface area contributed by atoms with Gasteiger partial charge in [0, 0.05) is 12.2 Å². The van der Waals surface area contributed by atoms with Gasteiger partial charge < -0.3 is 20.6 Å². The fourth-order valence-corrected chi connectivity index (χ4v) is 2.65. The average molecular weight is 247 g/mol. The number of aliphatic hydroxyl groups is 1. The summed E-state index contributed by atoms with van der Waals surface area (Å²) in [7, 11) is 0. The molecule has 3 rings (SSSR count). The Morgan fingerprint density at radius 3 is 2.78 bits per heavy atom. The Balaban J connectivity index is 2.15. The minimum atomic E-state index is -0.689. The normalized spacial score (nSPS) is 23.4. The number of carbonyl (C=O) groups is 1. The number of hydrogen-bond acceptors (Lipinski definition) is 4. The first-order valence-electron chi connectivity index (χ1n) is 6.16. The van der Waals surface area contributed by atoms with E-state index in [1.807, 2.05) is 37.8 Å². The van der Waals surface area contributed by atoms with E-state index in [0.717, 1.165) is 22.6 Å². The topological polar surface area (TPSA) is 64.6 Å². The molecule has 96 valence electrons. The van der Waals surface area contributed by atoms with Crippen LogP contribution in [-0.2, 0) is 10.2 Å². The molecule has 0 saturated heterocycles. The van der Waals surface area contributed by atoms with Gasteiger partial charge in [0.15, 0.2) is 0 Å². The maximum absolute atomic E-state index is 11.9. The van der Waals surface area contributed by atoms with Gasteiger partial charge in [0.25, 0.3) is 0 Å². The lowest BCUT2D eigenvalue weighted by Gasteiger charge is -2.21. The highest BCUT2D eigenvalue weighted by Gasteiger charge is 2.40. The van der Waals surface area contributed by atoms with Gasteiger partial charge in [-0.2, -0.15) is 0 Å². The van der Waals surface area contributed by atoms with E-state index in [-0.39, 0.29) is 5.91 Å². The van der Waals surface area contributed by atoms with Crippen molar-refractivity contribution in [2.24, 2.45) is 0 Å². The second kappa shape index (κ2) is 3.38. The summed E-state index contributed by atoms with van der Waals surface area (Å²) in [4.78, 5) is 13.8. The summed E-state index contributed by atoms with van der Waals surface area (Å²) in [6, 6.07) is 3.89. The number of aliphatic hydroxyl groups excluding tert-OH is 1. The molecule has 1 amide bonds. The van der Waals surface area contributed by atoms with Crippen LogP contribution in [0.15, 0.2) is 12.1 Å². The largest absolute Gasteiger partial charge is 0.356 e. The van der Waals surface area contributed by atoms with Crippen LogP contribution in [0.1, 0.15) is 26.3 Å². The van der Waals surface area contributed by atoms with Gasteiger partial charge in [-0.1, -0.05) is 0 Å². The fourth-order valence-electron chi connectivity index (χ4n) is 2.65. The van der Waals surface area contributed by atoms with Gasteiger partial charge in [-0.3, -0.25) is 4.79 Å². The number of amides is 1. The van der Waals surface area contributed by atoms with E-state index in [2.05, 4.69) is 10.6 Å². The van der Waals surface area contributed by atoms with E-state index in [4.69, 9.17) is 0 Å². The standard InChI is InChI=1S/C13H17N3O2/c1-4-16-10-5-7-8(6-9(10)15-12(16)18)14-11(17)13(7,2)3/h5-6,12,15,18H,4H2,1-3H3,(H,14,17). The van der Waals surface area contributed by atoms with E-state index in [9.17, 15) is 9.90 Å². The summed E-state index contributed by atoms with van der Waals surface area (Å²) >= 11 is 0. The lowest BCUT2D eigenvalue weighted by Crippen LogP contribution is -2.35. The maximum Gasteiger partial charge on any atom is 0.234 e. The molecule has 3 N–H and O–H groups in total. The van der Waals surface area contributed by atoms with Crippen LogP contribution < -0.4 is 15.5 Å². The second-order valence-electron chi connectivity index (χ2n) is 5.30. The van der Waals surface area contributed by atoms with Gasteiger partial charge in [0.05, 0.1) is 16.8 Å². The summed E-state index contributed by atoms with van der Waals surface area (Å²) in [5.74, 6) is 0.0183. The van der Waals surface area contributed by atoms with E-state index in [0.29, 0.717) is 6.54 Å². The van der Waals surface area contributed by atoms with Crippen LogP contribution in [0.5, 0.6) is 0 Å². The number of hydrogen-bond donors (Lipinski definition) is 3. The van der Waals surface area contributed by atoms with E-state index in [1.165, 1.54) is 0 Å². The summed E-state index contributed by atoms with van der Waals surface area (Å²) in [5, 5.41) is 15.8. The zero-order chi connectivity index (χ0) is 13.1. The van der Waals surface area contributed by atoms with Gasteiger partial charge in [0.2, 0.25) is 12.3 Å². The van der Waals surface area contributed by atoms with Crippen LogP contribution in [-0.4, -0.2) is 23.9 Å². The molecule has 5 nitrogen and oxygen atoms in total. The average Bonchev–Trinajstić information content (AvgIpc) is 2.72. The number of benzene rings is 1. The molecule has 1 atom stereocenters. The highest BCUT2D eigenvalue weighted by atomic mass is 16.3. The molecule has 0 fully saturated rings. The van der Waals surface area contributed by atoms with Crippen LogP contribution in [0, 0.1) is 0 Å². The number of anilines is 3. The molecular weight excluding hydrogens is 230 g/mol. The first-order chi connectivity index (χ1) is 8.45. The number of nitrogens with one attached hydrogen (secondary N) is 2. The van der Waals surface area contributed by atoms with Crippen molar-refractivity contribution in [3.63, 3.8) is 0 Å². The number of nitrogens with zero attached hydrogens (tertiary/aromatic N) is 1. The molecule has 0 bridgehead atoms. The lowest BCUT2D eigenvalue weighted by molar-refractivity contribution is -0.119. The third-order valence-electron chi connectivity index (χ3n) is 3.85. The first-order valence-corrected chi connectivity index (χ1v) is 6.16. The molecule has 0 aliphatic carbocycles. The predicted octanol–water partition coefficient (Wildman–Crippen LogP) is 1.44. The Labute approximate surface area is 106 Å². The van der Waals surface area contributed by atoms with Gasteiger partial charge >= 0.3 is 0 Å². The summed E-state index contributed by atoms with van der Waals surface area (Å²) < 4.78 is 0. The monoisotopic (exact) mass is 247 g/mol. The molecule has 1 unspecified atom stereocenters. The fraction of sp³-hybridized carbons (Fsp3) is 0.462. The minimum absolute atomic E-state index is 0.0183. The molecular formula is C13H17N3O2. The molecule has 0 radical (unpaired) electrons. The number of carbonyl (C=O) groups excluding carboxylic acids is 1. The van der Waals surface area contributed by atoms with Crippen molar-refractivity contribution in [3.8, 4) is 0 Å². The SMILES string of the molecule is CCN1c2cc3c(cc2NC1O)NC(=O)C3(C)C. The summed E-state index contributed by atoms with van der Waals surface area (Å²) in [6.07, 6.45) is -0.689. The van der Waals surface area contributed by atoms with Crippen molar-refractivity contribution >= 4 is 23.0 Å². The Morgan fingerprint density at radius 2 is 2.11 bits per heavy atom. The molecule has 5 heteroatoms. The number of rotatable bonds is 1. The third-order valence-corrected chi connectivity index (χ3v) is 3.85. The molecule has 1 aromatic carbocycles. The zero-order valence-corrected chi connectivity index (χ0v) is 10.7. The van der Waals surface area contributed by atoms with E-state index in [1.54, 1.807) is 0 Å². The van der Waals surface area contributed by atoms with Gasteiger partial charge in [0.1, 0.15) is 0 Å². The van der Waals surface area contributed by atoms with Crippen LogP contribution in [0.4, 0.5) is 17.1 Å². The maximum atomic E-state index is 11.9. The molecule has 18 heavy (non-hydrogen) atoms. The zero-order valence-electron chi connectivity index (χ0n) is 10.7. The van der Waals surface area contributed by atoms with Gasteiger partial charge in [-0.25, -0.2) is 0 Å². The van der Waals surface area contributed by atoms with E-state index < -0.39 is 11.8 Å². The van der Waals surface area contributed by atoms with Crippen LogP contribution in [0.25, 0.3) is 0 Å². The van der Waals surface area contributed by atoms with Gasteiger partial charge in [-0.15, -0.1) is 0 Å². The summed E-state index contributed by atoms with van der Waals surface area (Å²) in [6.45, 7) is 6.52. The van der Waals surface area contributed by atoms with Crippen LogP contribution in [0.2, 0.25) is 0 Å². The minimum Gasteiger partial charge on any atom is -0.356 e. The lowest BCUT2D eigenvalue weighted by atomic mass is 9.86. The van der Waals surface area contributed by atoms with Crippen molar-refractivity contribution < 1.29 is 9.90 Å². The Hall–Kier alpha value is -1.75. The summed E-state index contributed by atoms with van der Waals surface area (Å²) in [5.41, 5.74) is 3.12. The highest BCUT2D eigenvalue weighted by molar-refractivity contribution is 6.07. The highest BCUT2D eigenvalue weighted by Crippen LogP contribution is 2.45. The predicted molar refractivity (Wildman–Crippen MR) is 70.7 cm³/mol. The third kappa shape index (κ3) is 1.28. The smallest absolute Gasteiger partial charge is 0.234 e. The van der Waals surface area contributed by atoms with E-state index >= 15 is 0 Å². The molecule has 2 aliphatic rings. The Bertz CT molecular complexity index is 539. The molecule has 0 aromatic heterocycles. The van der Waals surface area contributed by atoms with Crippen molar-refractivity contribution in [3.05, 3.63) is 17.7 Å². The van der Waals surface area contributed by atoms with Crippen LogP contribution in [0.3, 0.4) is 0 Å². The molecule has 0 saturated carbocycles. The Kier molecular flexibility index (Phi) is 2.13. The number of fused-ring (bicyclic) bond motifs is 2. The molecule has 2 aliphatic heterocycles. The van der Waals surface area contributed by atoms with Gasteiger partial charge in [-0.05, 0) is 38.5 Å². The van der Waals surface area contributed by atoms with Crippen molar-refractivity contribution in [2.75, 3.05) is 22.1 Å². The Morgan fingerprint density at radius 1 is 1.39 bits per heavy atom. The van der Waals surface area contributed by atoms with Crippen molar-refractivity contribution in [2.45, 2.75) is 32.5 Å². The quantitative estimate of drug-likeness (QED) is 0.702. The molecule has 0 spiro atoms. The second-order valence-corrected chi connectivity index (χ2v) is 5.30. The van der Waals surface area contributed by atoms with Crippen molar-refractivity contribution in [1.82, 2.24) is 0 Å². The van der Waals surface area contributed by atoms with Crippen LogP contribution >= 0.6 is 0 Å². The molecule has 2 heterocycles. The first kappa shape index (κ1) is 11.3. The van der Waals surface area contributed by atoms with Crippen molar-refractivity contribution in [1.29, 1.82) is 0 Å². The molecule has 1 aromatic rings.